The van der Waals surface area contributed by atoms with Gasteiger partial charge in [0.25, 0.3) is 0 Å². The molecule has 2 fully saturated rings. The van der Waals surface area contributed by atoms with E-state index in [9.17, 15) is 0 Å². The normalized spacial score (nSPS) is 23.9. The van der Waals surface area contributed by atoms with Crippen LogP contribution in [-0.2, 0) is 5.41 Å². The van der Waals surface area contributed by atoms with Crippen LogP contribution in [0.25, 0.3) is 10.8 Å². The molecule has 2 aromatic rings. The Kier molecular flexibility index (Phi) is 2.71. The Morgan fingerprint density at radius 2 is 2.05 bits per heavy atom. The van der Waals surface area contributed by atoms with Crippen LogP contribution in [0.4, 0.5) is 0 Å². The first-order valence-corrected chi connectivity index (χ1v) is 8.09. The summed E-state index contributed by atoms with van der Waals surface area (Å²) in [6, 6.07) is 7.41. The maximum absolute atomic E-state index is 4.36. The van der Waals surface area contributed by atoms with Crippen molar-refractivity contribution in [2.24, 2.45) is 5.41 Å². The molecule has 1 saturated carbocycles. The van der Waals surface area contributed by atoms with Crippen LogP contribution in [0.1, 0.15) is 57.2 Å². The van der Waals surface area contributed by atoms with Crippen LogP contribution in [0.5, 0.6) is 0 Å². The van der Waals surface area contributed by atoms with Crippen LogP contribution in [-0.4, -0.2) is 11.5 Å². The number of nitrogens with zero attached hydrogens (tertiary/aromatic N) is 1. The Labute approximate surface area is 127 Å². The topological polar surface area (TPSA) is 24.9 Å². The van der Waals surface area contributed by atoms with E-state index in [-0.39, 0.29) is 5.41 Å². The van der Waals surface area contributed by atoms with Gasteiger partial charge in [0.2, 0.25) is 0 Å². The maximum atomic E-state index is 4.36. The molecular weight excluding hydrogens is 256 g/mol. The van der Waals surface area contributed by atoms with E-state index >= 15 is 0 Å². The van der Waals surface area contributed by atoms with Crippen LogP contribution in [0, 0.1) is 5.41 Å². The van der Waals surface area contributed by atoms with Crippen LogP contribution < -0.4 is 5.32 Å². The lowest BCUT2D eigenvalue weighted by Gasteiger charge is -2.23. The first-order chi connectivity index (χ1) is 9.97. The molecule has 0 amide bonds. The van der Waals surface area contributed by atoms with Crippen molar-refractivity contribution in [3.05, 3.63) is 41.7 Å². The number of nitrogens with one attached hydrogen (secondary N) is 1. The van der Waals surface area contributed by atoms with Crippen LogP contribution in [0.2, 0.25) is 0 Å². The van der Waals surface area contributed by atoms with Crippen molar-refractivity contribution >= 4 is 10.8 Å². The molecule has 2 nitrogen and oxygen atoms in total. The Bertz CT molecular complexity index is 692. The van der Waals surface area contributed by atoms with Crippen molar-refractivity contribution in [2.45, 2.75) is 51.5 Å². The van der Waals surface area contributed by atoms with Gasteiger partial charge < -0.3 is 5.32 Å². The van der Waals surface area contributed by atoms with E-state index in [2.05, 4.69) is 49.3 Å². The van der Waals surface area contributed by atoms with Gasteiger partial charge in [-0.05, 0) is 52.7 Å². The monoisotopic (exact) mass is 280 g/mol. The lowest BCUT2D eigenvalue weighted by Crippen LogP contribution is -2.17. The smallest absolute Gasteiger partial charge is 0.0349 e. The van der Waals surface area contributed by atoms with E-state index in [1.54, 1.807) is 0 Å². The highest BCUT2D eigenvalue weighted by atomic mass is 15.0. The summed E-state index contributed by atoms with van der Waals surface area (Å²) in [4.78, 5) is 4.36. The molecule has 2 heteroatoms. The molecule has 1 spiro atoms. The minimum absolute atomic E-state index is 0.183. The van der Waals surface area contributed by atoms with E-state index in [4.69, 9.17) is 0 Å². The molecule has 2 aliphatic rings. The van der Waals surface area contributed by atoms with Crippen molar-refractivity contribution in [1.29, 1.82) is 0 Å². The lowest BCUT2D eigenvalue weighted by atomic mass is 9.83. The Hall–Kier alpha value is -1.41. The zero-order valence-corrected chi connectivity index (χ0v) is 13.2. The standard InChI is InChI=1S/C19H24N2/c1-18(2,3)14-8-13-4-7-20-11-16(13)15(9-14)17-10-19(5-6-19)12-21-17/h4,7-9,11,17,21H,5-6,10,12H2,1-3H3. The van der Waals surface area contributed by atoms with Crippen molar-refractivity contribution in [2.75, 3.05) is 6.54 Å². The zero-order chi connectivity index (χ0) is 14.7. The number of benzene rings is 1. The second kappa shape index (κ2) is 4.30. The first kappa shape index (κ1) is 13.3. The van der Waals surface area contributed by atoms with E-state index in [1.165, 1.54) is 47.7 Å². The summed E-state index contributed by atoms with van der Waals surface area (Å²) < 4.78 is 0. The predicted molar refractivity (Wildman–Crippen MR) is 87.5 cm³/mol. The van der Waals surface area contributed by atoms with E-state index in [0.29, 0.717) is 11.5 Å². The van der Waals surface area contributed by atoms with Crippen LogP contribution in [0.15, 0.2) is 30.6 Å². The maximum Gasteiger partial charge on any atom is 0.0349 e. The Balaban J connectivity index is 1.85. The van der Waals surface area contributed by atoms with Crippen molar-refractivity contribution in [1.82, 2.24) is 10.3 Å². The molecule has 0 bridgehead atoms. The summed E-state index contributed by atoms with van der Waals surface area (Å²) in [6.45, 7) is 8.08. The van der Waals surface area contributed by atoms with E-state index in [0.717, 1.165) is 0 Å². The van der Waals surface area contributed by atoms with Gasteiger partial charge >= 0.3 is 0 Å². The zero-order valence-electron chi connectivity index (χ0n) is 13.2. The SMILES string of the molecule is CC(C)(C)c1cc(C2CC3(CC3)CN2)c2cnccc2c1. The van der Waals surface area contributed by atoms with Crippen molar-refractivity contribution in [3.63, 3.8) is 0 Å². The summed E-state index contributed by atoms with van der Waals surface area (Å²) in [6.07, 6.45) is 8.06. The minimum atomic E-state index is 0.183. The highest BCUT2D eigenvalue weighted by Gasteiger charge is 2.48. The molecule has 1 atom stereocenters. The second-order valence-corrected chi connectivity index (χ2v) is 8.05. The highest BCUT2D eigenvalue weighted by molar-refractivity contribution is 5.86. The predicted octanol–water partition coefficient (Wildman–Crippen LogP) is 4.35. The third-order valence-corrected chi connectivity index (χ3v) is 5.35. The highest BCUT2D eigenvalue weighted by Crippen LogP contribution is 2.55. The van der Waals surface area contributed by atoms with Gasteiger partial charge in [-0.25, -0.2) is 0 Å². The number of hydrogen-bond acceptors (Lipinski definition) is 2. The number of fused-ring (bicyclic) bond motifs is 1. The summed E-state index contributed by atoms with van der Waals surface area (Å²) in [5.41, 5.74) is 3.68. The minimum Gasteiger partial charge on any atom is -0.309 e. The average molecular weight is 280 g/mol. The number of pyridine rings is 1. The third-order valence-electron chi connectivity index (χ3n) is 5.35. The van der Waals surface area contributed by atoms with Gasteiger partial charge in [0.15, 0.2) is 0 Å². The summed E-state index contributed by atoms with van der Waals surface area (Å²) in [5, 5.41) is 6.41. The van der Waals surface area contributed by atoms with Gasteiger partial charge in [-0.15, -0.1) is 0 Å². The van der Waals surface area contributed by atoms with Gasteiger partial charge in [0, 0.05) is 30.4 Å². The third kappa shape index (κ3) is 2.26. The number of rotatable bonds is 1. The molecular formula is C19H24N2. The molecule has 21 heavy (non-hydrogen) atoms. The quantitative estimate of drug-likeness (QED) is 0.840. The summed E-state index contributed by atoms with van der Waals surface area (Å²) in [5.74, 6) is 0. The molecule has 110 valence electrons. The van der Waals surface area contributed by atoms with Gasteiger partial charge in [-0.1, -0.05) is 32.9 Å². The van der Waals surface area contributed by atoms with E-state index < -0.39 is 0 Å². The Morgan fingerprint density at radius 3 is 2.71 bits per heavy atom. The molecule has 1 aromatic heterocycles. The summed E-state index contributed by atoms with van der Waals surface area (Å²) >= 11 is 0. The molecule has 1 unspecified atom stereocenters. The van der Waals surface area contributed by atoms with Crippen molar-refractivity contribution < 1.29 is 0 Å². The lowest BCUT2D eigenvalue weighted by molar-refractivity contribution is 0.551. The number of hydrogen-bond donors (Lipinski definition) is 1. The van der Waals surface area contributed by atoms with Gasteiger partial charge in [-0.3, -0.25) is 4.98 Å². The molecule has 1 aromatic carbocycles. The second-order valence-electron chi connectivity index (χ2n) is 8.05. The molecule has 2 heterocycles. The molecule has 1 aliphatic carbocycles. The fourth-order valence-corrected chi connectivity index (χ4v) is 3.64. The fourth-order valence-electron chi connectivity index (χ4n) is 3.64. The largest absolute Gasteiger partial charge is 0.309 e. The van der Waals surface area contributed by atoms with Gasteiger partial charge in [-0.2, -0.15) is 0 Å². The van der Waals surface area contributed by atoms with Crippen LogP contribution in [0.3, 0.4) is 0 Å². The molecule has 0 radical (unpaired) electrons. The molecule has 1 aliphatic heterocycles. The summed E-state index contributed by atoms with van der Waals surface area (Å²) in [7, 11) is 0. The fraction of sp³-hybridized carbons (Fsp3) is 0.526. The van der Waals surface area contributed by atoms with Crippen molar-refractivity contribution in [3.8, 4) is 0 Å². The first-order valence-electron chi connectivity index (χ1n) is 8.09. The number of aromatic nitrogens is 1. The molecule has 4 rings (SSSR count). The van der Waals surface area contributed by atoms with E-state index in [1.807, 2.05) is 12.4 Å². The average Bonchev–Trinajstić information content (AvgIpc) is 3.07. The van der Waals surface area contributed by atoms with Crippen LogP contribution >= 0.6 is 0 Å². The van der Waals surface area contributed by atoms with Gasteiger partial charge in [0.1, 0.15) is 0 Å². The Morgan fingerprint density at radius 1 is 1.24 bits per heavy atom. The molecule has 1 saturated heterocycles. The van der Waals surface area contributed by atoms with Gasteiger partial charge in [0.05, 0.1) is 0 Å². The molecule has 1 N–H and O–H groups in total.